The molecule has 0 bridgehead atoms. The maximum absolute atomic E-state index is 13.3. The monoisotopic (exact) mass is 695 g/mol. The molecule has 0 radical (unpaired) electrons. The third kappa shape index (κ3) is 7.68. The van der Waals surface area contributed by atoms with Crippen LogP contribution in [0.5, 0.6) is 0 Å². The Bertz CT molecular complexity index is 1760. The highest BCUT2D eigenvalue weighted by Crippen LogP contribution is 2.49. The first-order valence-corrected chi connectivity index (χ1v) is 17.7. The van der Waals surface area contributed by atoms with Gasteiger partial charge in [-0.3, -0.25) is 9.59 Å². The molecular formula is C38H49N9O4. The molecule has 1 saturated heterocycles. The number of H-pyrrole nitrogens is 1. The molecule has 6 N–H and O–H groups in total. The lowest BCUT2D eigenvalue weighted by molar-refractivity contribution is 0.0694. The van der Waals surface area contributed by atoms with Gasteiger partial charge in [0, 0.05) is 48.5 Å². The summed E-state index contributed by atoms with van der Waals surface area (Å²) in [6.45, 7) is 13.7. The number of tetrazole rings is 1. The molecule has 2 heterocycles. The van der Waals surface area contributed by atoms with Crippen LogP contribution in [0.1, 0.15) is 103 Å². The Kier molecular flexibility index (Phi) is 9.80. The van der Waals surface area contributed by atoms with Gasteiger partial charge in [-0.1, -0.05) is 23.9 Å². The van der Waals surface area contributed by atoms with Crippen molar-refractivity contribution >= 4 is 11.8 Å². The predicted octanol–water partition coefficient (Wildman–Crippen LogP) is 2.50. The van der Waals surface area contributed by atoms with Crippen molar-refractivity contribution in [1.29, 1.82) is 5.26 Å². The molecule has 4 atom stereocenters. The van der Waals surface area contributed by atoms with Crippen molar-refractivity contribution in [2.24, 2.45) is 5.92 Å². The zero-order chi connectivity index (χ0) is 36.7. The molecule has 0 spiro atoms. The van der Waals surface area contributed by atoms with Crippen LogP contribution in [0.15, 0.2) is 48.7 Å². The fraction of sp³-hybridized carbons (Fsp3) is 0.526. The van der Waals surface area contributed by atoms with E-state index >= 15 is 0 Å². The standard InChI is InChI=1S/C38H49N9O4/c1-22(40-19-23(2)47-29(18-39)15-28-16-32(28)47)17-38(35-43-45-46-44-35)30-11-9-26(33(48)41-20-36(3,4)50)13-24(30)7-8-25-14-27(10-12-31(25)38)34(49)42-21-37(5,6)51/h9-14,22,28-29,32,40,50-51H,2,7-8,15-17,19-21H2,1,3-6H3,(H,41,48)(H,42,49)(H,43,44,45,46)/t22-,28-,29?,32+/m1/s1. The number of rotatable bonds is 13. The van der Waals surface area contributed by atoms with Crippen LogP contribution in [0.3, 0.4) is 0 Å². The van der Waals surface area contributed by atoms with Crippen molar-refractivity contribution in [1.82, 2.24) is 41.5 Å². The molecule has 51 heavy (non-hydrogen) atoms. The topological polar surface area (TPSA) is 192 Å². The summed E-state index contributed by atoms with van der Waals surface area (Å²) in [5.74, 6) is 0.458. The van der Waals surface area contributed by atoms with Gasteiger partial charge in [0.2, 0.25) is 0 Å². The molecule has 270 valence electrons. The van der Waals surface area contributed by atoms with Gasteiger partial charge in [-0.2, -0.15) is 10.5 Å². The number of aliphatic hydroxyl groups is 2. The summed E-state index contributed by atoms with van der Waals surface area (Å²) in [5.41, 5.74) is 2.51. The summed E-state index contributed by atoms with van der Waals surface area (Å²) in [7, 11) is 0. The van der Waals surface area contributed by atoms with Crippen LogP contribution < -0.4 is 16.0 Å². The van der Waals surface area contributed by atoms with E-state index in [4.69, 9.17) is 0 Å². The Morgan fingerprint density at radius 3 is 2.08 bits per heavy atom. The second-order valence-electron chi connectivity index (χ2n) is 15.8. The van der Waals surface area contributed by atoms with Crippen LogP contribution in [0.4, 0.5) is 0 Å². The minimum absolute atomic E-state index is 0.0991. The highest BCUT2D eigenvalue weighted by atomic mass is 16.3. The minimum Gasteiger partial charge on any atom is -0.389 e. The Labute approximate surface area is 298 Å². The van der Waals surface area contributed by atoms with Gasteiger partial charge in [-0.25, -0.2) is 0 Å². The lowest BCUT2D eigenvalue weighted by Gasteiger charge is -2.37. The van der Waals surface area contributed by atoms with E-state index < -0.39 is 16.6 Å². The third-order valence-electron chi connectivity index (χ3n) is 10.3. The molecule has 1 aliphatic heterocycles. The lowest BCUT2D eigenvalue weighted by Crippen LogP contribution is -2.42. The number of benzene rings is 2. The van der Waals surface area contributed by atoms with Gasteiger partial charge in [-0.05, 0) is 119 Å². The van der Waals surface area contributed by atoms with E-state index in [0.717, 1.165) is 40.8 Å². The van der Waals surface area contributed by atoms with Gasteiger partial charge in [0.25, 0.3) is 11.8 Å². The summed E-state index contributed by atoms with van der Waals surface area (Å²) >= 11 is 0. The fourth-order valence-corrected chi connectivity index (χ4v) is 7.76. The average molecular weight is 696 g/mol. The largest absolute Gasteiger partial charge is 0.389 e. The summed E-state index contributed by atoms with van der Waals surface area (Å²) in [5, 5.41) is 55.3. The number of nitrogens with one attached hydrogen (secondary N) is 4. The molecule has 3 aromatic rings. The maximum atomic E-state index is 13.3. The number of piperidine rings is 1. The number of amides is 2. The number of likely N-dealkylation sites (tertiary alicyclic amines) is 1. The van der Waals surface area contributed by atoms with Gasteiger partial charge < -0.3 is 31.1 Å². The predicted molar refractivity (Wildman–Crippen MR) is 191 cm³/mol. The smallest absolute Gasteiger partial charge is 0.251 e. The lowest BCUT2D eigenvalue weighted by atomic mass is 9.67. The number of nitrogens with zero attached hydrogens (tertiary/aromatic N) is 5. The van der Waals surface area contributed by atoms with Gasteiger partial charge in [0.15, 0.2) is 5.82 Å². The quantitative estimate of drug-likeness (QED) is 0.155. The van der Waals surface area contributed by atoms with Crippen LogP contribution in [0.25, 0.3) is 0 Å². The van der Waals surface area contributed by atoms with Gasteiger partial charge in [0.1, 0.15) is 6.04 Å². The number of carbonyl (C=O) groups excluding carboxylic acids is 2. The number of hydrogen-bond donors (Lipinski definition) is 6. The molecule has 2 fully saturated rings. The number of hydrogen-bond acceptors (Lipinski definition) is 10. The molecule has 3 aliphatic rings. The molecule has 1 saturated carbocycles. The molecular weight excluding hydrogens is 646 g/mol. The van der Waals surface area contributed by atoms with E-state index in [-0.39, 0.29) is 37.0 Å². The first-order valence-electron chi connectivity index (χ1n) is 17.7. The summed E-state index contributed by atoms with van der Waals surface area (Å²) in [6.07, 6.45) is 3.66. The zero-order valence-corrected chi connectivity index (χ0v) is 30.1. The average Bonchev–Trinajstić information content (AvgIpc) is 3.46. The normalized spacial score (nSPS) is 21.0. The van der Waals surface area contributed by atoms with Gasteiger partial charge >= 0.3 is 0 Å². The molecule has 1 aromatic heterocycles. The molecule has 13 nitrogen and oxygen atoms in total. The van der Waals surface area contributed by atoms with Crippen molar-refractivity contribution in [3.05, 3.63) is 87.9 Å². The van der Waals surface area contributed by atoms with Crippen molar-refractivity contribution in [2.75, 3.05) is 19.6 Å². The SMILES string of the molecule is C=C(CN[C@H](C)CC1(c2nn[nH]n2)c2ccc(C(=O)NCC(C)(C)O)cc2CCc2cc(C(=O)NCC(C)(C)O)ccc21)N1C(C#N)C[C@@H]2C[C@@H]21. The second-order valence-corrected chi connectivity index (χ2v) is 15.8. The number of aromatic amines is 1. The van der Waals surface area contributed by atoms with Crippen molar-refractivity contribution < 1.29 is 19.8 Å². The molecule has 13 heteroatoms. The maximum Gasteiger partial charge on any atom is 0.251 e. The van der Waals surface area contributed by atoms with E-state index in [0.29, 0.717) is 54.7 Å². The first-order chi connectivity index (χ1) is 24.1. The minimum atomic E-state index is -1.06. The number of aryl methyl sites for hydroxylation is 2. The Hall–Kier alpha value is -4.64. The van der Waals surface area contributed by atoms with E-state index in [1.807, 2.05) is 24.3 Å². The zero-order valence-electron chi connectivity index (χ0n) is 30.1. The van der Waals surface area contributed by atoms with Crippen molar-refractivity contribution in [3.8, 4) is 6.07 Å². The van der Waals surface area contributed by atoms with Crippen molar-refractivity contribution in [2.45, 2.75) is 101 Å². The molecule has 2 aromatic carbocycles. The Balaban J connectivity index is 1.38. The van der Waals surface area contributed by atoms with Gasteiger partial charge in [0.05, 0.1) is 22.7 Å². The number of aromatic nitrogens is 4. The highest BCUT2D eigenvalue weighted by molar-refractivity contribution is 5.95. The van der Waals surface area contributed by atoms with E-state index in [2.05, 4.69) is 61.0 Å². The third-order valence-corrected chi connectivity index (χ3v) is 10.3. The van der Waals surface area contributed by atoms with Crippen LogP contribution in [-0.2, 0) is 18.3 Å². The summed E-state index contributed by atoms with van der Waals surface area (Å²) in [6, 6.07) is 13.9. The fourth-order valence-electron chi connectivity index (χ4n) is 7.76. The van der Waals surface area contributed by atoms with E-state index in [1.54, 1.807) is 39.8 Å². The summed E-state index contributed by atoms with van der Waals surface area (Å²) in [4.78, 5) is 28.7. The van der Waals surface area contributed by atoms with E-state index in [9.17, 15) is 25.1 Å². The highest BCUT2D eigenvalue weighted by Gasteiger charge is 2.52. The Morgan fingerprint density at radius 1 is 1.02 bits per heavy atom. The molecule has 1 unspecified atom stereocenters. The molecule has 2 aliphatic carbocycles. The van der Waals surface area contributed by atoms with Gasteiger partial charge in [-0.15, -0.1) is 10.2 Å². The van der Waals surface area contributed by atoms with Crippen LogP contribution in [0.2, 0.25) is 0 Å². The van der Waals surface area contributed by atoms with Crippen LogP contribution >= 0.6 is 0 Å². The molecule has 2 amide bonds. The second kappa shape index (κ2) is 13.8. The number of nitriles is 1. The van der Waals surface area contributed by atoms with E-state index in [1.165, 1.54) is 0 Å². The van der Waals surface area contributed by atoms with Crippen LogP contribution in [-0.4, -0.2) is 96.5 Å². The Morgan fingerprint density at radius 2 is 1.59 bits per heavy atom. The first kappa shape index (κ1) is 36.2. The number of carbonyl (C=O) groups is 2. The number of fused-ring (bicyclic) bond motifs is 3. The van der Waals surface area contributed by atoms with Crippen LogP contribution in [0, 0.1) is 17.2 Å². The van der Waals surface area contributed by atoms with Crippen molar-refractivity contribution in [3.63, 3.8) is 0 Å². The summed E-state index contributed by atoms with van der Waals surface area (Å²) < 4.78 is 0. The molecule has 6 rings (SSSR count).